The highest BCUT2D eigenvalue weighted by atomic mass is 32.2. The van der Waals surface area contributed by atoms with Gasteiger partial charge in [0.2, 0.25) is 11.8 Å². The predicted octanol–water partition coefficient (Wildman–Crippen LogP) is 2.50. The molecular formula is C21H21N5O4S. The van der Waals surface area contributed by atoms with E-state index in [1.807, 2.05) is 30.5 Å². The molecule has 0 bridgehead atoms. The van der Waals surface area contributed by atoms with E-state index in [0.717, 1.165) is 47.5 Å². The maximum Gasteiger partial charge on any atom is 0.277 e. The molecule has 2 N–H and O–H groups in total. The second kappa shape index (κ2) is 7.84. The van der Waals surface area contributed by atoms with Crippen LogP contribution in [0.15, 0.2) is 40.1 Å². The van der Waals surface area contributed by atoms with Crippen LogP contribution in [0, 0.1) is 0 Å². The molecule has 31 heavy (non-hydrogen) atoms. The molecule has 1 spiro atoms. The van der Waals surface area contributed by atoms with Gasteiger partial charge < -0.3 is 14.3 Å². The number of benzene rings is 1. The van der Waals surface area contributed by atoms with Gasteiger partial charge in [-0.05, 0) is 18.9 Å². The second-order valence-corrected chi connectivity index (χ2v) is 8.79. The first kappa shape index (κ1) is 19.8. The number of hydrogen-bond donors (Lipinski definition) is 2. The second-order valence-electron chi connectivity index (χ2n) is 7.86. The fraction of sp³-hybridized carbons (Fsp3) is 0.381. The Morgan fingerprint density at radius 3 is 2.81 bits per heavy atom. The molecule has 2 aromatic heterocycles. The van der Waals surface area contributed by atoms with Crippen LogP contribution in [-0.4, -0.2) is 55.6 Å². The van der Waals surface area contributed by atoms with Gasteiger partial charge in [0.15, 0.2) is 0 Å². The number of carbonyl (C=O) groups is 3. The minimum Gasteiger partial charge on any atom is -0.411 e. The van der Waals surface area contributed by atoms with Crippen LogP contribution in [-0.2, 0) is 14.4 Å². The van der Waals surface area contributed by atoms with Gasteiger partial charge in [-0.15, -0.1) is 10.2 Å². The molecule has 1 aromatic carbocycles. The van der Waals surface area contributed by atoms with Gasteiger partial charge in [0.05, 0.1) is 11.3 Å². The molecule has 160 valence electrons. The molecule has 0 atom stereocenters. The zero-order chi connectivity index (χ0) is 21.4. The number of para-hydroxylation sites is 1. The molecule has 3 aromatic rings. The Labute approximate surface area is 182 Å². The molecule has 1 saturated carbocycles. The summed E-state index contributed by atoms with van der Waals surface area (Å²) in [5, 5.41) is 11.8. The lowest BCUT2D eigenvalue weighted by molar-refractivity contribution is -0.158. The minimum absolute atomic E-state index is 0.0117. The summed E-state index contributed by atoms with van der Waals surface area (Å²) in [6.45, 7) is -0.102. The Morgan fingerprint density at radius 2 is 1.97 bits per heavy atom. The van der Waals surface area contributed by atoms with E-state index in [2.05, 4.69) is 20.5 Å². The standard InChI is InChI=1S/C21H21N5O4S/c27-16-11-26(21(19(29)23-16)8-4-1-5-9-21)17(28)12-31-20-25-24-18(30-20)14-10-22-15-7-3-2-6-13(14)15/h2-3,6-7,10,22H,1,4-5,8-9,11-12H2,(H,23,27,29). The van der Waals surface area contributed by atoms with E-state index in [0.29, 0.717) is 18.7 Å². The van der Waals surface area contributed by atoms with Gasteiger partial charge in [0.1, 0.15) is 12.1 Å². The number of H-pyrrole nitrogens is 1. The number of nitrogens with zero attached hydrogens (tertiary/aromatic N) is 3. The monoisotopic (exact) mass is 439 g/mol. The maximum atomic E-state index is 13.0. The van der Waals surface area contributed by atoms with E-state index in [4.69, 9.17) is 4.42 Å². The van der Waals surface area contributed by atoms with Gasteiger partial charge >= 0.3 is 0 Å². The van der Waals surface area contributed by atoms with Gasteiger partial charge in [-0.25, -0.2) is 0 Å². The minimum atomic E-state index is -0.923. The highest BCUT2D eigenvalue weighted by molar-refractivity contribution is 7.99. The summed E-state index contributed by atoms with van der Waals surface area (Å²) in [5.41, 5.74) is 0.833. The number of imide groups is 1. The SMILES string of the molecule is O=C1CN(C(=O)CSc2nnc(-c3c[nH]c4ccccc34)o2)C2(CCCCC2)C(=O)N1. The van der Waals surface area contributed by atoms with E-state index in [1.54, 1.807) is 0 Å². The number of carbonyl (C=O) groups excluding carboxylic acids is 3. The Bertz CT molecular complexity index is 1160. The number of rotatable bonds is 4. The largest absolute Gasteiger partial charge is 0.411 e. The van der Waals surface area contributed by atoms with Crippen molar-refractivity contribution < 1.29 is 18.8 Å². The van der Waals surface area contributed by atoms with Crippen LogP contribution in [0.4, 0.5) is 0 Å². The number of amides is 3. The summed E-state index contributed by atoms with van der Waals surface area (Å²) in [7, 11) is 0. The third-order valence-electron chi connectivity index (χ3n) is 6.02. The highest BCUT2D eigenvalue weighted by Gasteiger charge is 2.50. The van der Waals surface area contributed by atoms with E-state index >= 15 is 0 Å². The third-order valence-corrected chi connectivity index (χ3v) is 6.82. The zero-order valence-electron chi connectivity index (χ0n) is 16.7. The summed E-state index contributed by atoms with van der Waals surface area (Å²) in [5.74, 6) is -0.705. The molecule has 1 aliphatic heterocycles. The molecule has 3 amide bonds. The van der Waals surface area contributed by atoms with Crippen LogP contribution >= 0.6 is 11.8 Å². The molecule has 2 fully saturated rings. The molecule has 1 saturated heterocycles. The van der Waals surface area contributed by atoms with E-state index in [9.17, 15) is 14.4 Å². The lowest BCUT2D eigenvalue weighted by atomic mass is 9.78. The van der Waals surface area contributed by atoms with Crippen molar-refractivity contribution >= 4 is 40.4 Å². The molecule has 9 nitrogen and oxygen atoms in total. The number of aromatic amines is 1. The lowest BCUT2D eigenvalue weighted by Gasteiger charge is -2.47. The van der Waals surface area contributed by atoms with Crippen LogP contribution in [0.25, 0.3) is 22.4 Å². The van der Waals surface area contributed by atoms with Crippen molar-refractivity contribution in [1.29, 1.82) is 0 Å². The topological polar surface area (TPSA) is 121 Å². The summed E-state index contributed by atoms with van der Waals surface area (Å²) >= 11 is 1.11. The normalized spacial score (nSPS) is 18.5. The third kappa shape index (κ3) is 3.50. The van der Waals surface area contributed by atoms with Gasteiger partial charge in [-0.1, -0.05) is 49.2 Å². The van der Waals surface area contributed by atoms with Crippen LogP contribution < -0.4 is 5.32 Å². The van der Waals surface area contributed by atoms with Crippen molar-refractivity contribution in [3.05, 3.63) is 30.5 Å². The molecule has 2 aliphatic rings. The molecule has 1 aliphatic carbocycles. The first-order chi connectivity index (χ1) is 15.1. The number of thioether (sulfide) groups is 1. The Morgan fingerprint density at radius 1 is 1.16 bits per heavy atom. The van der Waals surface area contributed by atoms with Crippen LogP contribution in [0.5, 0.6) is 0 Å². The summed E-state index contributed by atoms with van der Waals surface area (Å²) in [6, 6.07) is 7.79. The van der Waals surface area contributed by atoms with Gasteiger partial charge in [-0.2, -0.15) is 0 Å². The smallest absolute Gasteiger partial charge is 0.277 e. The van der Waals surface area contributed by atoms with Crippen molar-refractivity contribution in [2.75, 3.05) is 12.3 Å². The van der Waals surface area contributed by atoms with E-state index in [-0.39, 0.29) is 29.3 Å². The average molecular weight is 439 g/mol. The number of aromatic nitrogens is 3. The number of fused-ring (bicyclic) bond motifs is 1. The van der Waals surface area contributed by atoms with E-state index in [1.165, 1.54) is 4.90 Å². The van der Waals surface area contributed by atoms with Gasteiger partial charge in [0.25, 0.3) is 17.0 Å². The predicted molar refractivity (Wildman–Crippen MR) is 113 cm³/mol. The highest BCUT2D eigenvalue weighted by Crippen LogP contribution is 2.36. The number of piperazine rings is 1. The fourth-order valence-electron chi connectivity index (χ4n) is 4.49. The molecular weight excluding hydrogens is 418 g/mol. The molecule has 10 heteroatoms. The zero-order valence-corrected chi connectivity index (χ0v) is 17.5. The number of nitrogens with one attached hydrogen (secondary N) is 2. The molecule has 5 rings (SSSR count). The fourth-order valence-corrected chi connectivity index (χ4v) is 5.13. The molecule has 3 heterocycles. The summed E-state index contributed by atoms with van der Waals surface area (Å²) in [6.07, 6.45) is 5.70. The average Bonchev–Trinajstić information content (AvgIpc) is 3.42. The van der Waals surface area contributed by atoms with Crippen LogP contribution in [0.1, 0.15) is 32.1 Å². The maximum absolute atomic E-state index is 13.0. The summed E-state index contributed by atoms with van der Waals surface area (Å²) in [4.78, 5) is 42.2. The summed E-state index contributed by atoms with van der Waals surface area (Å²) < 4.78 is 5.76. The van der Waals surface area contributed by atoms with Gasteiger partial charge in [-0.3, -0.25) is 19.7 Å². The van der Waals surface area contributed by atoms with Crippen molar-refractivity contribution in [2.24, 2.45) is 0 Å². The number of hydrogen-bond acceptors (Lipinski definition) is 7. The first-order valence-electron chi connectivity index (χ1n) is 10.2. The molecule has 0 radical (unpaired) electrons. The van der Waals surface area contributed by atoms with Crippen LogP contribution in [0.3, 0.4) is 0 Å². The van der Waals surface area contributed by atoms with Crippen molar-refractivity contribution in [2.45, 2.75) is 42.9 Å². The first-order valence-corrected chi connectivity index (χ1v) is 11.2. The van der Waals surface area contributed by atoms with Crippen molar-refractivity contribution in [3.63, 3.8) is 0 Å². The quantitative estimate of drug-likeness (QED) is 0.473. The van der Waals surface area contributed by atoms with E-state index < -0.39 is 11.4 Å². The Kier molecular flexibility index (Phi) is 5.01. The van der Waals surface area contributed by atoms with Crippen molar-refractivity contribution in [3.8, 4) is 11.5 Å². The Hall–Kier alpha value is -3.14. The van der Waals surface area contributed by atoms with Crippen LogP contribution in [0.2, 0.25) is 0 Å². The van der Waals surface area contributed by atoms with Gasteiger partial charge in [0, 0.05) is 17.1 Å². The Balaban J connectivity index is 1.31. The lowest BCUT2D eigenvalue weighted by Crippen LogP contribution is -2.69. The molecule has 0 unspecified atom stereocenters. The van der Waals surface area contributed by atoms with Crippen molar-refractivity contribution in [1.82, 2.24) is 25.4 Å².